The van der Waals surface area contributed by atoms with Crippen LogP contribution in [0.3, 0.4) is 0 Å². The molecule has 0 bridgehead atoms. The molecule has 0 saturated carbocycles. The molecule has 0 radical (unpaired) electrons. The molecular weight excluding hydrogens is 216 g/mol. The average Bonchev–Trinajstić information content (AvgIpc) is 2.65. The van der Waals surface area contributed by atoms with Gasteiger partial charge >= 0.3 is 0 Å². The number of rotatable bonds is 4. The quantitative estimate of drug-likeness (QED) is 0.587. The van der Waals surface area contributed by atoms with Gasteiger partial charge in [0.2, 0.25) is 0 Å². The van der Waals surface area contributed by atoms with Crippen molar-refractivity contribution in [2.24, 2.45) is 0 Å². The van der Waals surface area contributed by atoms with Gasteiger partial charge in [-0.1, -0.05) is 11.6 Å². The van der Waals surface area contributed by atoms with Crippen LogP contribution in [0.5, 0.6) is 0 Å². The number of hydrogen-bond acceptors (Lipinski definition) is 3. The van der Waals surface area contributed by atoms with Crippen LogP contribution in [0.2, 0.25) is 5.02 Å². The topological polar surface area (TPSA) is 43.6 Å². The normalized spacial score (nSPS) is 10.5. The highest BCUT2D eigenvalue weighted by molar-refractivity contribution is 6.30. The lowest BCUT2D eigenvalue weighted by Crippen LogP contribution is -1.99. The van der Waals surface area contributed by atoms with E-state index in [0.717, 1.165) is 11.2 Å². The van der Waals surface area contributed by atoms with Crippen LogP contribution in [-0.4, -0.2) is 22.5 Å². The average molecular weight is 225 g/mol. The monoisotopic (exact) mass is 224 g/mol. The molecule has 0 aromatic carbocycles. The molecule has 5 heteroatoms. The molecular formula is C10H9ClN2O2. The van der Waals surface area contributed by atoms with Crippen molar-refractivity contribution < 1.29 is 9.53 Å². The molecule has 2 aromatic heterocycles. The van der Waals surface area contributed by atoms with Gasteiger partial charge in [-0.3, -0.25) is 4.79 Å². The molecule has 4 nitrogen and oxygen atoms in total. The van der Waals surface area contributed by atoms with Gasteiger partial charge in [0.15, 0.2) is 0 Å². The van der Waals surface area contributed by atoms with Gasteiger partial charge in [-0.2, -0.15) is 0 Å². The van der Waals surface area contributed by atoms with Gasteiger partial charge < -0.3 is 9.14 Å². The van der Waals surface area contributed by atoms with Gasteiger partial charge in [-0.05, 0) is 6.07 Å². The van der Waals surface area contributed by atoms with E-state index in [1.165, 1.54) is 0 Å². The van der Waals surface area contributed by atoms with Gasteiger partial charge in [0.1, 0.15) is 5.65 Å². The second kappa shape index (κ2) is 4.31. The Morgan fingerprint density at radius 1 is 1.60 bits per heavy atom. The predicted octanol–water partition coefficient (Wildman–Crippen LogP) is 1.70. The van der Waals surface area contributed by atoms with Gasteiger partial charge in [0, 0.05) is 30.6 Å². The summed E-state index contributed by atoms with van der Waals surface area (Å²) in [7, 11) is 0. The number of nitrogens with zero attached hydrogens (tertiary/aromatic N) is 2. The third kappa shape index (κ3) is 2.10. The van der Waals surface area contributed by atoms with Crippen LogP contribution in [-0.2, 0) is 16.0 Å². The summed E-state index contributed by atoms with van der Waals surface area (Å²) >= 11 is 5.93. The Labute approximate surface area is 91.4 Å². The molecule has 0 atom stereocenters. The Balaban J connectivity index is 2.31. The minimum Gasteiger partial charge on any atom is -0.468 e. The van der Waals surface area contributed by atoms with Crippen molar-refractivity contribution in [3.63, 3.8) is 0 Å². The van der Waals surface area contributed by atoms with Crippen LogP contribution in [0, 0.1) is 0 Å². The summed E-state index contributed by atoms with van der Waals surface area (Å²) in [6.45, 7) is 0.777. The fourth-order valence-corrected chi connectivity index (χ4v) is 1.70. The third-order valence-electron chi connectivity index (χ3n) is 2.09. The van der Waals surface area contributed by atoms with Crippen LogP contribution in [0.4, 0.5) is 0 Å². The molecule has 0 unspecified atom stereocenters. The summed E-state index contributed by atoms with van der Waals surface area (Å²) in [5.74, 6) is 0. The first-order valence-corrected chi connectivity index (χ1v) is 4.85. The second-order valence-corrected chi connectivity index (χ2v) is 3.50. The van der Waals surface area contributed by atoms with Crippen LogP contribution in [0.1, 0.15) is 5.56 Å². The summed E-state index contributed by atoms with van der Waals surface area (Å²) < 4.78 is 6.49. The molecule has 78 valence electrons. The Bertz CT molecular complexity index is 481. The number of pyridine rings is 1. The van der Waals surface area contributed by atoms with Crippen LogP contribution in [0.25, 0.3) is 5.65 Å². The van der Waals surface area contributed by atoms with Crippen LogP contribution < -0.4 is 0 Å². The zero-order chi connectivity index (χ0) is 10.7. The highest BCUT2D eigenvalue weighted by Gasteiger charge is 2.04. The Kier molecular flexibility index (Phi) is 2.87. The largest absolute Gasteiger partial charge is 0.468 e. The molecule has 0 amide bonds. The molecule has 15 heavy (non-hydrogen) atoms. The van der Waals surface area contributed by atoms with Crippen molar-refractivity contribution in [1.29, 1.82) is 0 Å². The molecule has 2 aromatic rings. The standard InChI is InChI=1S/C10H9ClN2O2/c11-9-5-8(1-4-15-7-14)10-12-2-3-13(10)6-9/h2-3,5-7H,1,4H2. The van der Waals surface area contributed by atoms with E-state index in [1.807, 2.05) is 16.7 Å². The van der Waals surface area contributed by atoms with E-state index < -0.39 is 0 Å². The number of ether oxygens (including phenoxy) is 1. The number of fused-ring (bicyclic) bond motifs is 1. The van der Waals surface area contributed by atoms with Gasteiger partial charge in [-0.25, -0.2) is 4.98 Å². The summed E-state index contributed by atoms with van der Waals surface area (Å²) in [4.78, 5) is 14.2. The minimum atomic E-state index is 0.340. The lowest BCUT2D eigenvalue weighted by atomic mass is 10.2. The second-order valence-electron chi connectivity index (χ2n) is 3.06. The summed E-state index contributed by atoms with van der Waals surface area (Å²) in [6, 6.07) is 1.83. The number of imidazole rings is 1. The van der Waals surface area contributed by atoms with E-state index in [2.05, 4.69) is 9.72 Å². The van der Waals surface area contributed by atoms with E-state index in [9.17, 15) is 4.79 Å². The Morgan fingerprint density at radius 3 is 3.27 bits per heavy atom. The van der Waals surface area contributed by atoms with Crippen molar-refractivity contribution in [2.45, 2.75) is 6.42 Å². The minimum absolute atomic E-state index is 0.340. The third-order valence-corrected chi connectivity index (χ3v) is 2.29. The number of hydrogen-bond donors (Lipinski definition) is 0. The SMILES string of the molecule is O=COCCc1cc(Cl)cn2ccnc12. The zero-order valence-corrected chi connectivity index (χ0v) is 8.65. The van der Waals surface area contributed by atoms with Crippen molar-refractivity contribution in [3.8, 4) is 0 Å². The number of carbonyl (C=O) groups excluding carboxylic acids is 1. The maximum absolute atomic E-state index is 10.0. The first-order valence-electron chi connectivity index (χ1n) is 4.47. The van der Waals surface area contributed by atoms with Crippen molar-refractivity contribution in [2.75, 3.05) is 6.61 Å². The first kappa shape index (κ1) is 9.98. The molecule has 0 aliphatic rings. The predicted molar refractivity (Wildman–Crippen MR) is 55.9 cm³/mol. The highest BCUT2D eigenvalue weighted by atomic mass is 35.5. The molecule has 0 saturated heterocycles. The lowest BCUT2D eigenvalue weighted by molar-refractivity contribution is -0.128. The van der Waals surface area contributed by atoms with Gasteiger partial charge in [-0.15, -0.1) is 0 Å². The summed E-state index contributed by atoms with van der Waals surface area (Å²) in [6.07, 6.45) is 5.93. The molecule has 0 spiro atoms. The molecule has 0 aliphatic heterocycles. The van der Waals surface area contributed by atoms with Crippen molar-refractivity contribution in [1.82, 2.24) is 9.38 Å². The van der Waals surface area contributed by atoms with Crippen molar-refractivity contribution in [3.05, 3.63) is 35.2 Å². The number of aromatic nitrogens is 2. The molecule has 2 heterocycles. The van der Waals surface area contributed by atoms with E-state index in [-0.39, 0.29) is 0 Å². The zero-order valence-electron chi connectivity index (χ0n) is 7.89. The maximum atomic E-state index is 10.0. The summed E-state index contributed by atoms with van der Waals surface area (Å²) in [5, 5.41) is 0.640. The van der Waals surface area contributed by atoms with Crippen molar-refractivity contribution >= 4 is 23.7 Å². The summed E-state index contributed by atoms with van der Waals surface area (Å²) in [5.41, 5.74) is 1.81. The fourth-order valence-electron chi connectivity index (χ4n) is 1.47. The molecule has 0 fully saturated rings. The van der Waals surface area contributed by atoms with E-state index >= 15 is 0 Å². The molecule has 0 N–H and O–H groups in total. The van der Waals surface area contributed by atoms with E-state index in [4.69, 9.17) is 11.6 Å². The van der Waals surface area contributed by atoms with Gasteiger partial charge in [0.25, 0.3) is 6.47 Å². The number of carbonyl (C=O) groups is 1. The van der Waals surface area contributed by atoms with E-state index in [1.54, 1.807) is 12.4 Å². The van der Waals surface area contributed by atoms with Crippen LogP contribution >= 0.6 is 11.6 Å². The smallest absolute Gasteiger partial charge is 0.293 e. The van der Waals surface area contributed by atoms with E-state index in [0.29, 0.717) is 24.5 Å². The van der Waals surface area contributed by atoms with Crippen LogP contribution in [0.15, 0.2) is 24.7 Å². The fraction of sp³-hybridized carbons (Fsp3) is 0.200. The molecule has 2 rings (SSSR count). The Morgan fingerprint density at radius 2 is 2.47 bits per heavy atom. The Hall–Kier alpha value is -1.55. The maximum Gasteiger partial charge on any atom is 0.293 e. The molecule has 0 aliphatic carbocycles. The lowest BCUT2D eigenvalue weighted by Gasteiger charge is -2.03. The van der Waals surface area contributed by atoms with Gasteiger partial charge in [0.05, 0.1) is 11.6 Å². The first-order chi connectivity index (χ1) is 7.31. The number of halogens is 1. The highest BCUT2D eigenvalue weighted by Crippen LogP contribution is 2.16.